The van der Waals surface area contributed by atoms with E-state index >= 15 is 0 Å². The zero-order valence-electron chi connectivity index (χ0n) is 16.0. The fourth-order valence-electron chi connectivity index (χ4n) is 3.76. The monoisotopic (exact) mass is 378 g/mol. The molecular weight excluding hydrogens is 355 g/mol. The Morgan fingerprint density at radius 2 is 2.11 bits per heavy atom. The van der Waals surface area contributed by atoms with Gasteiger partial charge in [0.05, 0.1) is 23.5 Å². The Morgan fingerprint density at radius 1 is 1.25 bits per heavy atom. The minimum atomic E-state index is -0.309. The molecule has 144 valence electrons. The van der Waals surface area contributed by atoms with Crippen molar-refractivity contribution in [1.29, 1.82) is 0 Å². The maximum Gasteiger partial charge on any atom is 0.253 e. The lowest BCUT2D eigenvalue weighted by Gasteiger charge is -2.25. The third-order valence-electron chi connectivity index (χ3n) is 5.15. The number of amides is 1. The van der Waals surface area contributed by atoms with Gasteiger partial charge in [-0.3, -0.25) is 14.5 Å². The van der Waals surface area contributed by atoms with Crippen LogP contribution in [-0.4, -0.2) is 20.7 Å². The highest BCUT2D eigenvalue weighted by Crippen LogP contribution is 2.31. The first-order chi connectivity index (χ1) is 13.5. The third-order valence-corrected chi connectivity index (χ3v) is 5.15. The molecule has 0 saturated heterocycles. The van der Waals surface area contributed by atoms with E-state index in [1.54, 1.807) is 24.3 Å². The molecule has 1 aromatic carbocycles. The number of halogens is 1. The number of carbonyl (C=O) groups is 1. The van der Waals surface area contributed by atoms with E-state index < -0.39 is 0 Å². The SMILES string of the molecule is CC(C)n1ncc2c1CCCC2NC(=O)c1ccc(-c2cccc(F)c2)nc1. The van der Waals surface area contributed by atoms with Crippen molar-refractivity contribution >= 4 is 5.91 Å². The summed E-state index contributed by atoms with van der Waals surface area (Å²) in [5, 5.41) is 7.62. The number of fused-ring (bicyclic) bond motifs is 1. The van der Waals surface area contributed by atoms with E-state index in [2.05, 4.69) is 29.2 Å². The van der Waals surface area contributed by atoms with Crippen LogP contribution in [0.2, 0.25) is 0 Å². The summed E-state index contributed by atoms with van der Waals surface area (Å²) in [4.78, 5) is 17.1. The van der Waals surface area contributed by atoms with Crippen LogP contribution in [0.3, 0.4) is 0 Å². The van der Waals surface area contributed by atoms with Crippen molar-refractivity contribution in [2.45, 2.75) is 45.2 Å². The van der Waals surface area contributed by atoms with Crippen molar-refractivity contribution in [2.24, 2.45) is 0 Å². The van der Waals surface area contributed by atoms with Crippen molar-refractivity contribution in [1.82, 2.24) is 20.1 Å². The molecule has 2 heterocycles. The minimum Gasteiger partial charge on any atom is -0.345 e. The lowest BCUT2D eigenvalue weighted by atomic mass is 9.92. The maximum atomic E-state index is 13.4. The van der Waals surface area contributed by atoms with E-state index in [-0.39, 0.29) is 17.8 Å². The fraction of sp³-hybridized carbons (Fsp3) is 0.318. The van der Waals surface area contributed by atoms with Gasteiger partial charge in [-0.2, -0.15) is 5.10 Å². The van der Waals surface area contributed by atoms with Gasteiger partial charge in [-0.15, -0.1) is 0 Å². The van der Waals surface area contributed by atoms with Gasteiger partial charge in [-0.25, -0.2) is 4.39 Å². The van der Waals surface area contributed by atoms with Crippen LogP contribution in [0.25, 0.3) is 11.3 Å². The van der Waals surface area contributed by atoms with Crippen LogP contribution >= 0.6 is 0 Å². The van der Waals surface area contributed by atoms with E-state index in [0.29, 0.717) is 22.9 Å². The molecule has 1 amide bonds. The molecule has 0 bridgehead atoms. The van der Waals surface area contributed by atoms with Gasteiger partial charge in [0.15, 0.2) is 0 Å². The highest BCUT2D eigenvalue weighted by atomic mass is 19.1. The molecule has 0 aliphatic heterocycles. The maximum absolute atomic E-state index is 13.4. The van der Waals surface area contributed by atoms with Crippen molar-refractivity contribution in [3.05, 3.63) is 71.4 Å². The van der Waals surface area contributed by atoms with Crippen LogP contribution < -0.4 is 5.32 Å². The quantitative estimate of drug-likeness (QED) is 0.729. The predicted molar refractivity (Wildman–Crippen MR) is 105 cm³/mol. The van der Waals surface area contributed by atoms with Gasteiger partial charge in [-0.05, 0) is 57.4 Å². The van der Waals surface area contributed by atoms with E-state index in [4.69, 9.17) is 0 Å². The Morgan fingerprint density at radius 3 is 2.82 bits per heavy atom. The number of rotatable bonds is 4. The van der Waals surface area contributed by atoms with Crippen molar-refractivity contribution in [3.63, 3.8) is 0 Å². The summed E-state index contributed by atoms with van der Waals surface area (Å²) >= 11 is 0. The number of hydrogen-bond acceptors (Lipinski definition) is 3. The number of pyridine rings is 1. The number of nitrogens with zero attached hydrogens (tertiary/aromatic N) is 3. The number of nitrogens with one attached hydrogen (secondary N) is 1. The van der Waals surface area contributed by atoms with E-state index in [0.717, 1.165) is 24.8 Å². The molecule has 1 atom stereocenters. The molecule has 5 nitrogen and oxygen atoms in total. The second kappa shape index (κ2) is 7.54. The topological polar surface area (TPSA) is 59.8 Å². The summed E-state index contributed by atoms with van der Waals surface area (Å²) in [5.41, 5.74) is 4.13. The molecule has 1 aliphatic carbocycles. The van der Waals surface area contributed by atoms with Crippen LogP contribution in [0, 0.1) is 5.82 Å². The molecule has 1 unspecified atom stereocenters. The van der Waals surface area contributed by atoms with Crippen molar-refractivity contribution < 1.29 is 9.18 Å². The molecule has 0 spiro atoms. The second-order valence-electron chi connectivity index (χ2n) is 7.45. The predicted octanol–water partition coefficient (Wildman–Crippen LogP) is 4.47. The molecular formula is C22H23FN4O. The molecule has 1 N–H and O–H groups in total. The van der Waals surface area contributed by atoms with Crippen LogP contribution in [-0.2, 0) is 6.42 Å². The first-order valence-corrected chi connectivity index (χ1v) is 9.62. The molecule has 3 aromatic rings. The summed E-state index contributed by atoms with van der Waals surface area (Å²) < 4.78 is 15.4. The van der Waals surface area contributed by atoms with Crippen LogP contribution in [0.1, 0.15) is 60.4 Å². The summed E-state index contributed by atoms with van der Waals surface area (Å²) in [7, 11) is 0. The molecule has 4 rings (SSSR count). The van der Waals surface area contributed by atoms with Gasteiger partial charge in [0.25, 0.3) is 5.91 Å². The summed E-state index contributed by atoms with van der Waals surface area (Å²) in [5.74, 6) is -0.468. The lowest BCUT2D eigenvalue weighted by molar-refractivity contribution is 0.0932. The van der Waals surface area contributed by atoms with Crippen LogP contribution in [0.4, 0.5) is 4.39 Å². The van der Waals surface area contributed by atoms with Gasteiger partial charge < -0.3 is 5.32 Å². The van der Waals surface area contributed by atoms with E-state index in [1.165, 1.54) is 24.0 Å². The largest absolute Gasteiger partial charge is 0.345 e. The van der Waals surface area contributed by atoms with Gasteiger partial charge in [-0.1, -0.05) is 12.1 Å². The highest BCUT2D eigenvalue weighted by Gasteiger charge is 2.26. The fourth-order valence-corrected chi connectivity index (χ4v) is 3.76. The third kappa shape index (κ3) is 3.54. The molecule has 0 fully saturated rings. The normalized spacial score (nSPS) is 16.1. The van der Waals surface area contributed by atoms with Gasteiger partial charge >= 0.3 is 0 Å². The molecule has 0 radical (unpaired) electrons. The smallest absolute Gasteiger partial charge is 0.253 e. The standard InChI is InChI=1S/C22H23FN4O/c1-14(2)27-21-8-4-7-20(18(21)13-25-27)26-22(28)16-9-10-19(24-12-16)15-5-3-6-17(23)11-15/h3,5-6,9-14,20H,4,7-8H2,1-2H3,(H,26,28). The lowest BCUT2D eigenvalue weighted by Crippen LogP contribution is -2.31. The number of aromatic nitrogens is 3. The molecule has 1 aliphatic rings. The first-order valence-electron chi connectivity index (χ1n) is 9.62. The first kappa shape index (κ1) is 18.3. The van der Waals surface area contributed by atoms with Crippen LogP contribution in [0.15, 0.2) is 48.8 Å². The number of hydrogen-bond donors (Lipinski definition) is 1. The Hall–Kier alpha value is -3.02. The number of carbonyl (C=O) groups excluding carboxylic acids is 1. The van der Waals surface area contributed by atoms with Gasteiger partial charge in [0.1, 0.15) is 5.82 Å². The Balaban J connectivity index is 1.51. The summed E-state index contributed by atoms with van der Waals surface area (Å²) in [6.45, 7) is 4.22. The van der Waals surface area contributed by atoms with Gasteiger partial charge in [0.2, 0.25) is 0 Å². The van der Waals surface area contributed by atoms with E-state index in [9.17, 15) is 9.18 Å². The summed E-state index contributed by atoms with van der Waals surface area (Å²) in [6.07, 6.45) is 6.33. The van der Waals surface area contributed by atoms with Crippen molar-refractivity contribution in [2.75, 3.05) is 0 Å². The minimum absolute atomic E-state index is 0.0355. The van der Waals surface area contributed by atoms with E-state index in [1.807, 2.05) is 10.9 Å². The molecule has 6 heteroatoms. The average Bonchev–Trinajstić information content (AvgIpc) is 3.13. The Bertz CT molecular complexity index is 994. The molecule has 28 heavy (non-hydrogen) atoms. The summed E-state index contributed by atoms with van der Waals surface area (Å²) in [6, 6.07) is 10.00. The Kier molecular flexibility index (Phi) is 4.94. The van der Waals surface area contributed by atoms with Gasteiger partial charge in [0, 0.05) is 29.1 Å². The zero-order valence-corrected chi connectivity index (χ0v) is 16.0. The van der Waals surface area contributed by atoms with Crippen molar-refractivity contribution in [3.8, 4) is 11.3 Å². The highest BCUT2D eigenvalue weighted by molar-refractivity contribution is 5.94. The average molecular weight is 378 g/mol. The molecule has 2 aromatic heterocycles. The van der Waals surface area contributed by atoms with Crippen LogP contribution in [0.5, 0.6) is 0 Å². The zero-order chi connectivity index (χ0) is 19.7. The molecule has 0 saturated carbocycles. The second-order valence-corrected chi connectivity index (χ2v) is 7.45. The Labute approximate surface area is 163 Å². The number of benzene rings is 1.